The number of fused-ring (bicyclic) bond motifs is 1. The average Bonchev–Trinajstić information content (AvgIpc) is 3.32. The summed E-state index contributed by atoms with van der Waals surface area (Å²) in [6, 6.07) is 0.171. The van der Waals surface area contributed by atoms with E-state index in [1.165, 1.54) is 19.0 Å². The van der Waals surface area contributed by atoms with E-state index in [-0.39, 0.29) is 24.2 Å². The molecular formula is C17H23N3O3. The Morgan fingerprint density at radius 1 is 1.22 bits per heavy atom. The highest BCUT2D eigenvalue weighted by Crippen LogP contribution is 2.33. The first-order valence-electron chi connectivity index (χ1n) is 8.61. The summed E-state index contributed by atoms with van der Waals surface area (Å²) in [4.78, 5) is 22.6. The lowest BCUT2D eigenvalue weighted by atomic mass is 9.99. The molecule has 4 rings (SSSR count). The van der Waals surface area contributed by atoms with Gasteiger partial charge in [-0.05, 0) is 38.0 Å². The maximum atomic E-state index is 12.6. The number of carbonyl (C=O) groups excluding carboxylic acids is 1. The van der Waals surface area contributed by atoms with Gasteiger partial charge < -0.3 is 14.4 Å². The predicted molar refractivity (Wildman–Crippen MR) is 82.9 cm³/mol. The molecule has 0 spiro atoms. The van der Waals surface area contributed by atoms with Crippen LogP contribution in [-0.4, -0.2) is 58.8 Å². The summed E-state index contributed by atoms with van der Waals surface area (Å²) in [6.45, 7) is 2.31. The monoisotopic (exact) mass is 317 g/mol. The van der Waals surface area contributed by atoms with Crippen molar-refractivity contribution in [1.29, 1.82) is 0 Å². The lowest BCUT2D eigenvalue weighted by Crippen LogP contribution is -2.46. The number of amides is 1. The smallest absolute Gasteiger partial charge is 0.274 e. The molecule has 6 heteroatoms. The van der Waals surface area contributed by atoms with E-state index in [1.54, 1.807) is 12.4 Å². The zero-order chi connectivity index (χ0) is 15.6. The van der Waals surface area contributed by atoms with Crippen molar-refractivity contribution in [2.45, 2.75) is 50.4 Å². The zero-order valence-electron chi connectivity index (χ0n) is 13.3. The molecule has 23 heavy (non-hydrogen) atoms. The lowest BCUT2D eigenvalue weighted by Gasteiger charge is -2.35. The molecule has 3 aliphatic rings. The number of rotatable bonds is 5. The molecule has 2 saturated heterocycles. The van der Waals surface area contributed by atoms with Gasteiger partial charge in [-0.25, -0.2) is 4.98 Å². The summed E-state index contributed by atoms with van der Waals surface area (Å²) in [6.07, 6.45) is 10.5. The van der Waals surface area contributed by atoms with Crippen LogP contribution < -0.4 is 0 Å². The van der Waals surface area contributed by atoms with Gasteiger partial charge in [0.1, 0.15) is 5.69 Å². The minimum Gasteiger partial charge on any atom is -0.378 e. The van der Waals surface area contributed by atoms with Gasteiger partial charge >= 0.3 is 0 Å². The number of hydrogen-bond donors (Lipinski definition) is 0. The molecule has 1 amide bonds. The molecule has 3 atom stereocenters. The fourth-order valence-corrected chi connectivity index (χ4v) is 3.58. The molecule has 1 aliphatic carbocycles. The largest absolute Gasteiger partial charge is 0.378 e. The summed E-state index contributed by atoms with van der Waals surface area (Å²) in [5.41, 5.74) is 0.419. The van der Waals surface area contributed by atoms with E-state index < -0.39 is 0 Å². The molecule has 0 N–H and O–H groups in total. The Labute approximate surface area is 136 Å². The quantitative estimate of drug-likeness (QED) is 0.826. The SMILES string of the molecule is O=C(c1cnccn1)N1CC[C@@H]2OC(COCC3CC3)CC[C@@H]21. The van der Waals surface area contributed by atoms with Crippen LogP contribution in [0.2, 0.25) is 0 Å². The van der Waals surface area contributed by atoms with Crippen LogP contribution in [0.4, 0.5) is 0 Å². The molecule has 1 aromatic heterocycles. The van der Waals surface area contributed by atoms with Crippen LogP contribution >= 0.6 is 0 Å². The van der Waals surface area contributed by atoms with Crippen LogP contribution in [0.25, 0.3) is 0 Å². The fourth-order valence-electron chi connectivity index (χ4n) is 3.58. The van der Waals surface area contributed by atoms with Gasteiger partial charge in [-0.15, -0.1) is 0 Å². The van der Waals surface area contributed by atoms with E-state index in [4.69, 9.17) is 9.47 Å². The lowest BCUT2D eigenvalue weighted by molar-refractivity contribution is -0.0973. The first-order valence-corrected chi connectivity index (χ1v) is 8.61. The Bertz CT molecular complexity index is 549. The van der Waals surface area contributed by atoms with Crippen molar-refractivity contribution in [2.24, 2.45) is 5.92 Å². The molecule has 2 aliphatic heterocycles. The van der Waals surface area contributed by atoms with Crippen LogP contribution in [0.3, 0.4) is 0 Å². The summed E-state index contributed by atoms with van der Waals surface area (Å²) >= 11 is 0. The third-order valence-electron chi connectivity index (χ3n) is 5.03. The van der Waals surface area contributed by atoms with Crippen molar-refractivity contribution in [2.75, 3.05) is 19.8 Å². The highest BCUT2D eigenvalue weighted by atomic mass is 16.5. The summed E-state index contributed by atoms with van der Waals surface area (Å²) in [5, 5.41) is 0. The fraction of sp³-hybridized carbons (Fsp3) is 0.706. The van der Waals surface area contributed by atoms with Crippen LogP contribution in [0.15, 0.2) is 18.6 Å². The maximum absolute atomic E-state index is 12.6. The Morgan fingerprint density at radius 2 is 2.13 bits per heavy atom. The Morgan fingerprint density at radius 3 is 2.91 bits per heavy atom. The van der Waals surface area contributed by atoms with Crippen molar-refractivity contribution in [3.05, 3.63) is 24.3 Å². The van der Waals surface area contributed by atoms with Gasteiger partial charge in [-0.3, -0.25) is 9.78 Å². The van der Waals surface area contributed by atoms with Gasteiger partial charge in [0.2, 0.25) is 0 Å². The number of hydrogen-bond acceptors (Lipinski definition) is 5. The van der Waals surface area contributed by atoms with E-state index in [0.29, 0.717) is 12.3 Å². The molecule has 3 fully saturated rings. The van der Waals surface area contributed by atoms with Gasteiger partial charge in [0, 0.05) is 25.5 Å². The predicted octanol–water partition coefficient (Wildman–Crippen LogP) is 1.67. The van der Waals surface area contributed by atoms with Crippen LogP contribution in [-0.2, 0) is 9.47 Å². The van der Waals surface area contributed by atoms with E-state index in [1.807, 2.05) is 4.90 Å². The molecule has 1 unspecified atom stereocenters. The van der Waals surface area contributed by atoms with Crippen LogP contribution in [0, 0.1) is 5.92 Å². The summed E-state index contributed by atoms with van der Waals surface area (Å²) in [7, 11) is 0. The number of nitrogens with zero attached hydrogens (tertiary/aromatic N) is 3. The first kappa shape index (κ1) is 15.0. The Balaban J connectivity index is 1.31. The Hall–Kier alpha value is -1.53. The van der Waals surface area contributed by atoms with E-state index >= 15 is 0 Å². The average molecular weight is 317 g/mol. The van der Waals surface area contributed by atoms with Gasteiger partial charge in [-0.2, -0.15) is 0 Å². The van der Waals surface area contributed by atoms with E-state index in [9.17, 15) is 4.79 Å². The summed E-state index contributed by atoms with van der Waals surface area (Å²) in [5.74, 6) is 0.760. The number of carbonyl (C=O) groups is 1. The van der Waals surface area contributed by atoms with E-state index in [0.717, 1.165) is 38.3 Å². The second kappa shape index (κ2) is 6.53. The normalized spacial score (nSPS) is 30.3. The first-order chi connectivity index (χ1) is 11.3. The molecule has 3 heterocycles. The van der Waals surface area contributed by atoms with Crippen LogP contribution in [0.1, 0.15) is 42.6 Å². The topological polar surface area (TPSA) is 64.6 Å². The second-order valence-corrected chi connectivity index (χ2v) is 6.80. The van der Waals surface area contributed by atoms with Crippen molar-refractivity contribution < 1.29 is 14.3 Å². The second-order valence-electron chi connectivity index (χ2n) is 6.80. The van der Waals surface area contributed by atoms with Crippen molar-refractivity contribution in [3.63, 3.8) is 0 Å². The van der Waals surface area contributed by atoms with Gasteiger partial charge in [0.15, 0.2) is 0 Å². The molecule has 0 radical (unpaired) electrons. The van der Waals surface area contributed by atoms with Gasteiger partial charge in [-0.1, -0.05) is 0 Å². The summed E-state index contributed by atoms with van der Waals surface area (Å²) < 4.78 is 11.9. The number of likely N-dealkylation sites (tertiary alicyclic amines) is 1. The molecule has 1 saturated carbocycles. The highest BCUT2D eigenvalue weighted by molar-refractivity contribution is 5.92. The van der Waals surface area contributed by atoms with Crippen molar-refractivity contribution >= 4 is 5.91 Å². The third kappa shape index (κ3) is 3.38. The van der Waals surface area contributed by atoms with Crippen LogP contribution in [0.5, 0.6) is 0 Å². The Kier molecular flexibility index (Phi) is 4.27. The molecule has 6 nitrogen and oxygen atoms in total. The molecular weight excluding hydrogens is 294 g/mol. The van der Waals surface area contributed by atoms with Crippen molar-refractivity contribution in [3.8, 4) is 0 Å². The number of aromatic nitrogens is 2. The third-order valence-corrected chi connectivity index (χ3v) is 5.03. The standard InChI is InChI=1S/C17H23N3O3/c21-17(14-9-18-6-7-19-14)20-8-5-16-15(20)4-3-13(23-16)11-22-10-12-1-2-12/h6-7,9,12-13,15-16H,1-5,8,10-11H2/t13?,15-,16-/m0/s1. The minimum absolute atomic E-state index is 0.0300. The molecule has 1 aromatic rings. The highest BCUT2D eigenvalue weighted by Gasteiger charge is 2.42. The number of ether oxygens (including phenoxy) is 2. The molecule has 124 valence electrons. The molecule has 0 bridgehead atoms. The van der Waals surface area contributed by atoms with Gasteiger partial charge in [0.05, 0.1) is 31.1 Å². The molecule has 0 aromatic carbocycles. The van der Waals surface area contributed by atoms with Gasteiger partial charge in [0.25, 0.3) is 5.91 Å². The van der Waals surface area contributed by atoms with Crippen molar-refractivity contribution in [1.82, 2.24) is 14.9 Å². The van der Waals surface area contributed by atoms with E-state index in [2.05, 4.69) is 9.97 Å². The minimum atomic E-state index is -0.0300. The maximum Gasteiger partial charge on any atom is 0.274 e. The zero-order valence-corrected chi connectivity index (χ0v) is 13.3.